The molecule has 0 fully saturated rings. The first kappa shape index (κ1) is 22.0. The van der Waals surface area contributed by atoms with Gasteiger partial charge in [-0.25, -0.2) is 4.98 Å². The van der Waals surface area contributed by atoms with Gasteiger partial charge in [-0.3, -0.25) is 9.59 Å². The minimum Gasteiger partial charge on any atom is -0.326 e. The van der Waals surface area contributed by atoms with Crippen LogP contribution in [0.15, 0.2) is 78.9 Å². The molecule has 4 aromatic rings. The zero-order valence-corrected chi connectivity index (χ0v) is 17.4. The zero-order valence-electron chi connectivity index (χ0n) is 17.4. The second kappa shape index (κ2) is 8.74. The maximum absolute atomic E-state index is 13.7. The minimum atomic E-state index is -4.74. The van der Waals surface area contributed by atoms with E-state index in [0.29, 0.717) is 16.6 Å². The third-order valence-corrected chi connectivity index (χ3v) is 4.92. The van der Waals surface area contributed by atoms with Crippen LogP contribution in [-0.2, 0) is 11.0 Å². The van der Waals surface area contributed by atoms with Crippen molar-refractivity contribution in [3.8, 4) is 11.3 Å². The fourth-order valence-electron chi connectivity index (χ4n) is 3.48. The van der Waals surface area contributed by atoms with E-state index in [9.17, 15) is 22.8 Å². The van der Waals surface area contributed by atoms with E-state index < -0.39 is 29.2 Å². The predicted molar refractivity (Wildman–Crippen MR) is 121 cm³/mol. The summed E-state index contributed by atoms with van der Waals surface area (Å²) in [6.45, 7) is 1.20. The Morgan fingerprint density at radius 1 is 0.848 bits per heavy atom. The highest BCUT2D eigenvalue weighted by molar-refractivity contribution is 6.13. The molecule has 0 saturated heterocycles. The molecule has 0 saturated carbocycles. The average Bonchev–Trinajstić information content (AvgIpc) is 2.79. The molecule has 0 aliphatic rings. The van der Waals surface area contributed by atoms with Crippen LogP contribution in [0.2, 0.25) is 0 Å². The van der Waals surface area contributed by atoms with Crippen LogP contribution in [-0.4, -0.2) is 16.8 Å². The number of benzene rings is 3. The Bertz CT molecular complexity index is 1350. The Balaban J connectivity index is 1.78. The largest absolute Gasteiger partial charge is 0.418 e. The monoisotopic (exact) mass is 449 g/mol. The Hall–Kier alpha value is -4.20. The summed E-state index contributed by atoms with van der Waals surface area (Å²) in [6.07, 6.45) is -4.74. The van der Waals surface area contributed by atoms with Gasteiger partial charge in [0.15, 0.2) is 0 Å². The molecule has 3 aromatic carbocycles. The van der Waals surface area contributed by atoms with Gasteiger partial charge >= 0.3 is 6.18 Å². The first-order valence-electron chi connectivity index (χ1n) is 9.98. The number of hydrogen-bond donors (Lipinski definition) is 2. The molecule has 0 spiro atoms. The number of rotatable bonds is 4. The first-order chi connectivity index (χ1) is 15.7. The van der Waals surface area contributed by atoms with Gasteiger partial charge in [-0.15, -0.1) is 0 Å². The number of amides is 2. The summed E-state index contributed by atoms with van der Waals surface area (Å²) in [4.78, 5) is 29.0. The molecule has 2 N–H and O–H groups in total. The average molecular weight is 449 g/mol. The van der Waals surface area contributed by atoms with E-state index in [0.717, 1.165) is 17.7 Å². The van der Waals surface area contributed by atoms with Gasteiger partial charge in [-0.05, 0) is 30.3 Å². The van der Waals surface area contributed by atoms with Gasteiger partial charge < -0.3 is 10.6 Å². The van der Waals surface area contributed by atoms with Gasteiger partial charge in [0.05, 0.1) is 28.0 Å². The molecule has 1 heterocycles. The summed E-state index contributed by atoms with van der Waals surface area (Å²) in [5.74, 6) is -1.21. The van der Waals surface area contributed by atoms with Crippen LogP contribution in [0.4, 0.5) is 24.5 Å². The van der Waals surface area contributed by atoms with E-state index in [2.05, 4.69) is 15.6 Å². The molecule has 5 nitrogen and oxygen atoms in total. The van der Waals surface area contributed by atoms with Crippen LogP contribution in [0.3, 0.4) is 0 Å². The van der Waals surface area contributed by atoms with Crippen molar-refractivity contribution in [1.29, 1.82) is 0 Å². The number of halogens is 3. The van der Waals surface area contributed by atoms with Crippen molar-refractivity contribution in [3.63, 3.8) is 0 Å². The van der Waals surface area contributed by atoms with Crippen LogP contribution in [0.5, 0.6) is 0 Å². The van der Waals surface area contributed by atoms with Gasteiger partial charge in [0, 0.05) is 23.6 Å². The molecule has 0 bridgehead atoms. The summed E-state index contributed by atoms with van der Waals surface area (Å²) in [7, 11) is 0. The quantitative estimate of drug-likeness (QED) is 0.394. The molecule has 166 valence electrons. The van der Waals surface area contributed by atoms with Crippen molar-refractivity contribution in [2.24, 2.45) is 0 Å². The number of pyridine rings is 1. The summed E-state index contributed by atoms with van der Waals surface area (Å²) in [5, 5.41) is 5.22. The maximum atomic E-state index is 13.7. The lowest BCUT2D eigenvalue weighted by Gasteiger charge is -2.16. The third kappa shape index (κ3) is 4.85. The number of nitrogens with one attached hydrogen (secondary N) is 2. The summed E-state index contributed by atoms with van der Waals surface area (Å²) < 4.78 is 41.0. The Morgan fingerprint density at radius 2 is 1.55 bits per heavy atom. The highest BCUT2D eigenvalue weighted by Gasteiger charge is 2.34. The number of anilines is 2. The maximum Gasteiger partial charge on any atom is 0.418 e. The second-order valence-corrected chi connectivity index (χ2v) is 7.33. The van der Waals surface area contributed by atoms with Crippen molar-refractivity contribution in [2.75, 3.05) is 10.6 Å². The van der Waals surface area contributed by atoms with Gasteiger partial charge in [0.25, 0.3) is 5.91 Å². The molecule has 1 aromatic heterocycles. The molecule has 0 unspecified atom stereocenters. The van der Waals surface area contributed by atoms with E-state index in [1.165, 1.54) is 13.0 Å². The highest BCUT2D eigenvalue weighted by Crippen LogP contribution is 2.37. The standard InChI is InChI=1S/C25H18F3N3O2/c1-15(32)29-17-11-12-22(20(13-17)25(26,27)28)31-24(33)19-14-23(16-7-3-2-4-8-16)30-21-10-6-5-9-18(19)21/h2-14H,1H3,(H,29,32)(H,31,33). The van der Waals surface area contributed by atoms with Crippen molar-refractivity contribution in [3.05, 3.63) is 90.0 Å². The van der Waals surface area contributed by atoms with E-state index in [1.807, 2.05) is 30.3 Å². The van der Waals surface area contributed by atoms with Gasteiger partial charge in [-0.2, -0.15) is 13.2 Å². The van der Waals surface area contributed by atoms with Crippen LogP contribution in [0.1, 0.15) is 22.8 Å². The molecule has 0 aliphatic carbocycles. The molecular formula is C25H18F3N3O2. The van der Waals surface area contributed by atoms with Crippen LogP contribution >= 0.6 is 0 Å². The number of alkyl halides is 3. The molecular weight excluding hydrogens is 431 g/mol. The van der Waals surface area contributed by atoms with Gasteiger partial charge in [0.1, 0.15) is 0 Å². The van der Waals surface area contributed by atoms with Crippen molar-refractivity contribution in [2.45, 2.75) is 13.1 Å². The fraction of sp³-hybridized carbons (Fsp3) is 0.0800. The highest BCUT2D eigenvalue weighted by atomic mass is 19.4. The molecule has 33 heavy (non-hydrogen) atoms. The topological polar surface area (TPSA) is 71.1 Å². The third-order valence-electron chi connectivity index (χ3n) is 4.92. The smallest absolute Gasteiger partial charge is 0.326 e. The van der Waals surface area contributed by atoms with E-state index in [1.54, 1.807) is 30.3 Å². The molecule has 0 radical (unpaired) electrons. The lowest BCUT2D eigenvalue weighted by Crippen LogP contribution is -2.18. The zero-order chi connectivity index (χ0) is 23.6. The van der Waals surface area contributed by atoms with Gasteiger partial charge in [0.2, 0.25) is 5.91 Å². The second-order valence-electron chi connectivity index (χ2n) is 7.33. The van der Waals surface area contributed by atoms with Crippen LogP contribution < -0.4 is 10.6 Å². The van der Waals surface area contributed by atoms with E-state index in [4.69, 9.17) is 0 Å². The fourth-order valence-corrected chi connectivity index (χ4v) is 3.48. The number of fused-ring (bicyclic) bond motifs is 1. The molecule has 8 heteroatoms. The SMILES string of the molecule is CC(=O)Nc1ccc(NC(=O)c2cc(-c3ccccc3)nc3ccccc23)c(C(F)(F)F)c1. The lowest BCUT2D eigenvalue weighted by molar-refractivity contribution is -0.137. The lowest BCUT2D eigenvalue weighted by atomic mass is 10.0. The number of nitrogens with zero attached hydrogens (tertiary/aromatic N) is 1. The summed E-state index contributed by atoms with van der Waals surface area (Å²) >= 11 is 0. The summed E-state index contributed by atoms with van der Waals surface area (Å²) in [5.41, 5.74) is 0.532. The summed E-state index contributed by atoms with van der Waals surface area (Å²) in [6, 6.07) is 20.9. The van der Waals surface area contributed by atoms with E-state index >= 15 is 0 Å². The number of carbonyl (C=O) groups is 2. The Morgan fingerprint density at radius 3 is 2.24 bits per heavy atom. The number of aromatic nitrogens is 1. The first-order valence-corrected chi connectivity index (χ1v) is 9.98. The normalized spacial score (nSPS) is 11.3. The van der Waals surface area contributed by atoms with Crippen LogP contribution in [0, 0.1) is 0 Å². The molecule has 0 atom stereocenters. The number of hydrogen-bond acceptors (Lipinski definition) is 3. The number of para-hydroxylation sites is 1. The Labute approximate surface area is 187 Å². The van der Waals surface area contributed by atoms with Gasteiger partial charge in [-0.1, -0.05) is 48.5 Å². The Kier molecular flexibility index (Phi) is 5.83. The predicted octanol–water partition coefficient (Wildman–Crippen LogP) is 6.13. The van der Waals surface area contributed by atoms with Crippen molar-refractivity contribution in [1.82, 2.24) is 4.98 Å². The molecule has 4 rings (SSSR count). The van der Waals surface area contributed by atoms with E-state index in [-0.39, 0.29) is 11.3 Å². The molecule has 2 amide bonds. The van der Waals surface area contributed by atoms with Crippen molar-refractivity contribution >= 4 is 34.1 Å². The van der Waals surface area contributed by atoms with Crippen LogP contribution in [0.25, 0.3) is 22.2 Å². The van der Waals surface area contributed by atoms with Crippen molar-refractivity contribution < 1.29 is 22.8 Å². The minimum absolute atomic E-state index is 0.0199. The molecule has 0 aliphatic heterocycles. The number of carbonyl (C=O) groups excluding carboxylic acids is 2.